The van der Waals surface area contributed by atoms with E-state index >= 15 is 0 Å². The molecule has 0 aliphatic carbocycles. The van der Waals surface area contributed by atoms with Crippen molar-refractivity contribution in [2.75, 3.05) is 13.2 Å². The average Bonchev–Trinajstić information content (AvgIpc) is 2.46. The number of terminal acetylenes is 1. The van der Waals surface area contributed by atoms with E-state index in [0.717, 1.165) is 12.8 Å². The fourth-order valence-electron chi connectivity index (χ4n) is 2.82. The SMILES string of the molecule is C#CCCC(O)C1(c2ccccc2)CCOCC1. The van der Waals surface area contributed by atoms with E-state index in [1.807, 2.05) is 18.2 Å². The highest BCUT2D eigenvalue weighted by atomic mass is 16.5. The van der Waals surface area contributed by atoms with Gasteiger partial charge in [-0.2, -0.15) is 0 Å². The third-order valence-electron chi connectivity index (χ3n) is 3.93. The highest BCUT2D eigenvalue weighted by Crippen LogP contribution is 2.39. The summed E-state index contributed by atoms with van der Waals surface area (Å²) in [6.07, 6.45) is 7.92. The van der Waals surface area contributed by atoms with Gasteiger partial charge in [-0.15, -0.1) is 12.3 Å². The van der Waals surface area contributed by atoms with Crippen LogP contribution in [0.5, 0.6) is 0 Å². The van der Waals surface area contributed by atoms with Gasteiger partial charge in [0.25, 0.3) is 0 Å². The molecule has 1 aromatic rings. The van der Waals surface area contributed by atoms with E-state index in [4.69, 9.17) is 11.2 Å². The van der Waals surface area contributed by atoms with E-state index in [1.165, 1.54) is 5.56 Å². The van der Waals surface area contributed by atoms with Crippen LogP contribution in [0.3, 0.4) is 0 Å². The van der Waals surface area contributed by atoms with Gasteiger partial charge in [-0.1, -0.05) is 30.3 Å². The molecule has 0 saturated carbocycles. The normalized spacial score (nSPS) is 20.0. The van der Waals surface area contributed by atoms with Crippen LogP contribution in [0.1, 0.15) is 31.2 Å². The zero-order valence-electron chi connectivity index (χ0n) is 10.6. The molecule has 1 N–H and O–H groups in total. The lowest BCUT2D eigenvalue weighted by atomic mass is 9.69. The van der Waals surface area contributed by atoms with Crippen molar-refractivity contribution in [3.63, 3.8) is 0 Å². The molecule has 1 unspecified atom stereocenters. The van der Waals surface area contributed by atoms with Gasteiger partial charge in [-0.05, 0) is 24.8 Å². The van der Waals surface area contributed by atoms with Gasteiger partial charge < -0.3 is 9.84 Å². The Balaban J connectivity index is 2.26. The zero-order valence-corrected chi connectivity index (χ0v) is 10.6. The van der Waals surface area contributed by atoms with Crippen molar-refractivity contribution in [3.05, 3.63) is 35.9 Å². The highest BCUT2D eigenvalue weighted by Gasteiger charge is 2.40. The molecule has 1 atom stereocenters. The van der Waals surface area contributed by atoms with Gasteiger partial charge in [-0.3, -0.25) is 0 Å². The summed E-state index contributed by atoms with van der Waals surface area (Å²) < 4.78 is 5.45. The van der Waals surface area contributed by atoms with Crippen LogP contribution in [0.15, 0.2) is 30.3 Å². The van der Waals surface area contributed by atoms with Gasteiger partial charge in [-0.25, -0.2) is 0 Å². The van der Waals surface area contributed by atoms with Crippen LogP contribution in [0.4, 0.5) is 0 Å². The Kier molecular flexibility index (Phi) is 4.41. The standard InChI is InChI=1S/C16H20O2/c1-2-3-9-15(17)16(10-12-18-13-11-16)14-7-5-4-6-8-14/h1,4-8,15,17H,3,9-13H2. The van der Waals surface area contributed by atoms with Gasteiger partial charge in [0.05, 0.1) is 6.10 Å². The Hall–Kier alpha value is -1.30. The molecule has 96 valence electrons. The second kappa shape index (κ2) is 6.04. The molecule has 1 heterocycles. The molecule has 1 aromatic carbocycles. The van der Waals surface area contributed by atoms with Crippen LogP contribution in [0.2, 0.25) is 0 Å². The predicted octanol–water partition coefficient (Wildman–Crippen LogP) is 2.51. The zero-order chi connectivity index (χ0) is 12.8. The first-order valence-electron chi connectivity index (χ1n) is 6.54. The lowest BCUT2D eigenvalue weighted by molar-refractivity contribution is -0.0182. The third-order valence-corrected chi connectivity index (χ3v) is 3.93. The number of hydrogen-bond acceptors (Lipinski definition) is 2. The van der Waals surface area contributed by atoms with Crippen molar-refractivity contribution in [2.45, 2.75) is 37.2 Å². The van der Waals surface area contributed by atoms with Crippen LogP contribution < -0.4 is 0 Å². The van der Waals surface area contributed by atoms with Gasteiger partial charge in [0, 0.05) is 25.0 Å². The monoisotopic (exact) mass is 244 g/mol. The summed E-state index contributed by atoms with van der Waals surface area (Å²) in [4.78, 5) is 0. The fraction of sp³-hybridized carbons (Fsp3) is 0.500. The number of benzene rings is 1. The van der Waals surface area contributed by atoms with Crippen LogP contribution in [0, 0.1) is 12.3 Å². The van der Waals surface area contributed by atoms with E-state index in [9.17, 15) is 5.11 Å². The van der Waals surface area contributed by atoms with E-state index in [1.54, 1.807) is 0 Å². The Morgan fingerprint density at radius 2 is 1.94 bits per heavy atom. The minimum atomic E-state index is -0.389. The molecule has 1 saturated heterocycles. The van der Waals surface area contributed by atoms with E-state index < -0.39 is 0 Å². The summed E-state index contributed by atoms with van der Waals surface area (Å²) in [5, 5.41) is 10.6. The maximum absolute atomic E-state index is 10.6. The average molecular weight is 244 g/mol. The van der Waals surface area contributed by atoms with Gasteiger partial charge in [0.15, 0.2) is 0 Å². The first-order valence-corrected chi connectivity index (χ1v) is 6.54. The van der Waals surface area contributed by atoms with Crippen LogP contribution in [-0.2, 0) is 10.2 Å². The Bertz CT molecular complexity index is 399. The van der Waals surface area contributed by atoms with Gasteiger partial charge >= 0.3 is 0 Å². The minimum Gasteiger partial charge on any atom is -0.392 e. The summed E-state index contributed by atoms with van der Waals surface area (Å²) in [6, 6.07) is 10.3. The molecule has 0 radical (unpaired) electrons. The first-order chi connectivity index (χ1) is 8.79. The molecule has 0 spiro atoms. The predicted molar refractivity (Wildman–Crippen MR) is 72.2 cm³/mol. The van der Waals surface area contributed by atoms with E-state index in [0.29, 0.717) is 26.1 Å². The van der Waals surface area contributed by atoms with Gasteiger partial charge in [0.2, 0.25) is 0 Å². The van der Waals surface area contributed by atoms with Crippen LogP contribution in [0.25, 0.3) is 0 Å². The molecule has 0 bridgehead atoms. The summed E-state index contributed by atoms with van der Waals surface area (Å²) in [5.41, 5.74) is 1.02. The fourth-order valence-corrected chi connectivity index (χ4v) is 2.82. The van der Waals surface area contributed by atoms with Crippen LogP contribution in [-0.4, -0.2) is 24.4 Å². The molecule has 1 fully saturated rings. The molecule has 1 aliphatic heterocycles. The Morgan fingerprint density at radius 1 is 1.28 bits per heavy atom. The van der Waals surface area contributed by atoms with Crippen molar-refractivity contribution in [2.24, 2.45) is 0 Å². The summed E-state index contributed by atoms with van der Waals surface area (Å²) in [7, 11) is 0. The molecule has 0 aromatic heterocycles. The topological polar surface area (TPSA) is 29.5 Å². The second-order valence-electron chi connectivity index (χ2n) is 4.89. The number of hydrogen-bond donors (Lipinski definition) is 1. The second-order valence-corrected chi connectivity index (χ2v) is 4.89. The summed E-state index contributed by atoms with van der Waals surface area (Å²) >= 11 is 0. The van der Waals surface area contributed by atoms with Crippen molar-refractivity contribution in [3.8, 4) is 12.3 Å². The molecule has 18 heavy (non-hydrogen) atoms. The number of aliphatic hydroxyl groups excluding tert-OH is 1. The minimum absolute atomic E-state index is 0.184. The van der Waals surface area contributed by atoms with Gasteiger partial charge in [0.1, 0.15) is 0 Å². The van der Waals surface area contributed by atoms with Crippen molar-refractivity contribution < 1.29 is 9.84 Å². The quantitative estimate of drug-likeness (QED) is 0.825. The number of aliphatic hydroxyl groups is 1. The smallest absolute Gasteiger partial charge is 0.0647 e. The van der Waals surface area contributed by atoms with Crippen molar-refractivity contribution in [1.29, 1.82) is 0 Å². The summed E-state index contributed by atoms with van der Waals surface area (Å²) in [6.45, 7) is 1.42. The lowest BCUT2D eigenvalue weighted by Crippen LogP contribution is -2.44. The Morgan fingerprint density at radius 3 is 2.56 bits per heavy atom. The molecule has 2 rings (SSSR count). The molecular formula is C16H20O2. The van der Waals surface area contributed by atoms with Crippen molar-refractivity contribution in [1.82, 2.24) is 0 Å². The lowest BCUT2D eigenvalue weighted by Gasteiger charge is -2.41. The van der Waals surface area contributed by atoms with E-state index in [-0.39, 0.29) is 11.5 Å². The van der Waals surface area contributed by atoms with Crippen molar-refractivity contribution >= 4 is 0 Å². The Labute approximate surface area is 109 Å². The van der Waals surface area contributed by atoms with Crippen LogP contribution >= 0.6 is 0 Å². The number of ether oxygens (including phenoxy) is 1. The van der Waals surface area contributed by atoms with E-state index in [2.05, 4.69) is 18.1 Å². The maximum atomic E-state index is 10.6. The molecule has 1 aliphatic rings. The largest absolute Gasteiger partial charge is 0.392 e. The highest BCUT2D eigenvalue weighted by molar-refractivity contribution is 5.27. The third kappa shape index (κ3) is 2.58. The number of rotatable bonds is 4. The molecule has 0 amide bonds. The first kappa shape index (κ1) is 13.1. The molecule has 2 heteroatoms. The molecular weight excluding hydrogens is 224 g/mol. The maximum Gasteiger partial charge on any atom is 0.0647 e. The summed E-state index contributed by atoms with van der Waals surface area (Å²) in [5.74, 6) is 2.62. The molecule has 2 nitrogen and oxygen atoms in total.